The molecule has 3 aromatic rings. The van der Waals surface area contributed by atoms with Crippen molar-refractivity contribution in [2.24, 2.45) is 0 Å². The Hall–Kier alpha value is -3.52. The van der Waals surface area contributed by atoms with E-state index in [9.17, 15) is 9.18 Å². The largest absolute Gasteiger partial charge is 0.423 e. The van der Waals surface area contributed by atoms with E-state index in [1.165, 1.54) is 23.8 Å². The zero-order valence-electron chi connectivity index (χ0n) is 15.8. The summed E-state index contributed by atoms with van der Waals surface area (Å²) in [5, 5.41) is 8.77. The number of nitrogens with zero attached hydrogens (tertiary/aromatic N) is 1. The minimum atomic E-state index is -0.906. The zero-order chi connectivity index (χ0) is 20.5. The second-order valence-corrected chi connectivity index (χ2v) is 7.01. The van der Waals surface area contributed by atoms with Crippen LogP contribution in [0.5, 0.6) is 5.75 Å². The zero-order valence-corrected chi connectivity index (χ0v) is 15.8. The highest BCUT2D eigenvalue weighted by molar-refractivity contribution is 5.93. The fourth-order valence-corrected chi connectivity index (χ4v) is 3.71. The number of ether oxygens (including phenoxy) is 1. The van der Waals surface area contributed by atoms with Gasteiger partial charge in [0.25, 0.3) is 0 Å². The maximum atomic E-state index is 15.1. The summed E-state index contributed by atoms with van der Waals surface area (Å²) in [5.74, 6) is -2.41. The first-order valence-corrected chi connectivity index (χ1v) is 9.37. The molecule has 29 heavy (non-hydrogen) atoms. The van der Waals surface area contributed by atoms with Gasteiger partial charge in [0.1, 0.15) is 23.5 Å². The van der Waals surface area contributed by atoms with Crippen molar-refractivity contribution in [2.45, 2.75) is 26.2 Å². The molecule has 1 aliphatic carbocycles. The summed E-state index contributed by atoms with van der Waals surface area (Å²) in [4.78, 5) is 12.5. The Balaban J connectivity index is 1.62. The topological polar surface area (TPSA) is 50.1 Å². The van der Waals surface area contributed by atoms with Crippen LogP contribution in [0.1, 0.15) is 46.0 Å². The Bertz CT molecular complexity index is 1180. The normalized spacial score (nSPS) is 11.5. The molecule has 4 rings (SSSR count). The van der Waals surface area contributed by atoms with Gasteiger partial charge < -0.3 is 4.74 Å². The first-order valence-electron chi connectivity index (χ1n) is 9.37. The van der Waals surface area contributed by atoms with Crippen molar-refractivity contribution >= 4 is 5.97 Å². The van der Waals surface area contributed by atoms with Gasteiger partial charge in [0.15, 0.2) is 0 Å². The van der Waals surface area contributed by atoms with Gasteiger partial charge in [-0.3, -0.25) is 0 Å². The number of benzene rings is 3. The van der Waals surface area contributed by atoms with Crippen molar-refractivity contribution in [1.29, 1.82) is 5.26 Å². The highest BCUT2D eigenvalue weighted by Crippen LogP contribution is 2.39. The number of rotatable bonds is 4. The Morgan fingerprint density at radius 2 is 1.90 bits per heavy atom. The summed E-state index contributed by atoms with van der Waals surface area (Å²) in [6.45, 7) is 2.11. The predicted molar refractivity (Wildman–Crippen MR) is 105 cm³/mol. The fourth-order valence-electron chi connectivity index (χ4n) is 3.71. The molecule has 0 radical (unpaired) electrons. The number of carbonyl (C=O) groups is 1. The van der Waals surface area contributed by atoms with Gasteiger partial charge in [0, 0.05) is 18.1 Å². The summed E-state index contributed by atoms with van der Waals surface area (Å²) < 4.78 is 34.0. The molecule has 144 valence electrons. The highest BCUT2D eigenvalue weighted by Gasteiger charge is 2.26. The van der Waals surface area contributed by atoms with Crippen LogP contribution in [0.15, 0.2) is 48.5 Å². The van der Waals surface area contributed by atoms with E-state index in [0.717, 1.165) is 35.6 Å². The molecule has 0 atom stereocenters. The van der Waals surface area contributed by atoms with Gasteiger partial charge in [0.05, 0.1) is 11.1 Å². The van der Waals surface area contributed by atoms with Crippen molar-refractivity contribution < 1.29 is 18.3 Å². The van der Waals surface area contributed by atoms with E-state index in [1.54, 1.807) is 12.1 Å². The molecule has 0 saturated heterocycles. The molecular formula is C24H17F2NO2. The Morgan fingerprint density at radius 1 is 1.10 bits per heavy atom. The van der Waals surface area contributed by atoms with Crippen molar-refractivity contribution in [3.8, 4) is 22.9 Å². The number of aryl methyl sites for hydroxylation is 1. The van der Waals surface area contributed by atoms with Gasteiger partial charge >= 0.3 is 5.97 Å². The van der Waals surface area contributed by atoms with Crippen LogP contribution in [-0.4, -0.2) is 5.97 Å². The molecule has 5 heteroatoms. The van der Waals surface area contributed by atoms with Crippen LogP contribution in [-0.2, 0) is 12.8 Å². The molecule has 0 N–H and O–H groups in total. The van der Waals surface area contributed by atoms with Crippen molar-refractivity contribution in [2.75, 3.05) is 0 Å². The lowest BCUT2D eigenvalue weighted by molar-refractivity contribution is 0.0729. The Labute approximate surface area is 167 Å². The molecule has 0 aromatic heterocycles. The van der Waals surface area contributed by atoms with Crippen LogP contribution in [0.4, 0.5) is 8.78 Å². The molecule has 3 nitrogen and oxygen atoms in total. The second-order valence-electron chi connectivity index (χ2n) is 7.01. The molecule has 3 aromatic carbocycles. The molecular weight excluding hydrogens is 372 g/mol. The molecule has 0 unspecified atom stereocenters. The van der Waals surface area contributed by atoms with Gasteiger partial charge in [-0.2, -0.15) is 5.26 Å². The molecule has 1 aliphatic rings. The van der Waals surface area contributed by atoms with E-state index >= 15 is 4.39 Å². The molecule has 0 amide bonds. The number of hydrogen-bond donors (Lipinski definition) is 0. The molecule has 0 aliphatic heterocycles. The smallest absolute Gasteiger partial charge is 0.346 e. The first kappa shape index (κ1) is 18.8. The van der Waals surface area contributed by atoms with Crippen LogP contribution >= 0.6 is 0 Å². The number of fused-ring (bicyclic) bond motifs is 3. The van der Waals surface area contributed by atoms with E-state index < -0.39 is 17.6 Å². The Kier molecular flexibility index (Phi) is 4.85. The number of nitriles is 1. The molecule has 0 spiro atoms. The number of hydrogen-bond acceptors (Lipinski definition) is 3. The summed E-state index contributed by atoms with van der Waals surface area (Å²) >= 11 is 0. The van der Waals surface area contributed by atoms with E-state index in [0.29, 0.717) is 12.0 Å². The van der Waals surface area contributed by atoms with E-state index in [2.05, 4.69) is 19.1 Å². The van der Waals surface area contributed by atoms with E-state index in [4.69, 9.17) is 10.00 Å². The first-order chi connectivity index (χ1) is 14.0. The lowest BCUT2D eigenvalue weighted by atomic mass is 10.0. The van der Waals surface area contributed by atoms with Crippen LogP contribution in [0.2, 0.25) is 0 Å². The van der Waals surface area contributed by atoms with Crippen LogP contribution in [0.25, 0.3) is 11.1 Å². The van der Waals surface area contributed by atoms with Crippen LogP contribution in [0, 0.1) is 23.0 Å². The fraction of sp³-hybridized carbons (Fsp3) is 0.167. The summed E-state index contributed by atoms with van der Waals surface area (Å²) in [7, 11) is 0. The van der Waals surface area contributed by atoms with Gasteiger partial charge in [-0.15, -0.1) is 0 Å². The average Bonchev–Trinajstić information content (AvgIpc) is 3.07. The van der Waals surface area contributed by atoms with Crippen LogP contribution in [0.3, 0.4) is 0 Å². The minimum Gasteiger partial charge on any atom is -0.423 e. The van der Waals surface area contributed by atoms with Crippen LogP contribution < -0.4 is 4.74 Å². The third kappa shape index (κ3) is 3.38. The summed E-state index contributed by atoms with van der Waals surface area (Å²) in [6.07, 6.45) is 2.41. The SMILES string of the molecule is CCCc1ccc2c(c1)Cc1c-2ccc(C(=O)Oc2ccc(C#N)c(F)c2)c1F. The van der Waals surface area contributed by atoms with Gasteiger partial charge in [-0.05, 0) is 46.9 Å². The van der Waals surface area contributed by atoms with Crippen molar-refractivity contribution in [1.82, 2.24) is 0 Å². The summed E-state index contributed by atoms with van der Waals surface area (Å²) in [6, 6.07) is 14.4. The van der Waals surface area contributed by atoms with Crippen molar-refractivity contribution in [3.63, 3.8) is 0 Å². The second kappa shape index (κ2) is 7.48. The monoisotopic (exact) mass is 389 g/mol. The third-order valence-electron chi connectivity index (χ3n) is 5.10. The van der Waals surface area contributed by atoms with E-state index in [-0.39, 0.29) is 16.9 Å². The maximum absolute atomic E-state index is 15.1. The lowest BCUT2D eigenvalue weighted by Gasteiger charge is -2.09. The van der Waals surface area contributed by atoms with Gasteiger partial charge in [0.2, 0.25) is 0 Å². The minimum absolute atomic E-state index is 0.0844. The highest BCUT2D eigenvalue weighted by atomic mass is 19.1. The maximum Gasteiger partial charge on any atom is 0.346 e. The average molecular weight is 389 g/mol. The quantitative estimate of drug-likeness (QED) is 0.338. The standard InChI is InChI=1S/C24H17F2NO2/c1-2-3-14-4-7-18-16(10-14)11-21-19(18)8-9-20(23(21)26)24(28)29-17-6-5-15(13-27)22(25)12-17/h4-10,12H,2-3,11H2,1H3. The van der Waals surface area contributed by atoms with E-state index in [1.807, 2.05) is 6.07 Å². The molecule has 0 fully saturated rings. The third-order valence-corrected chi connectivity index (χ3v) is 5.10. The predicted octanol–water partition coefficient (Wildman–Crippen LogP) is 5.58. The van der Waals surface area contributed by atoms with Gasteiger partial charge in [-0.25, -0.2) is 13.6 Å². The number of carbonyl (C=O) groups excluding carboxylic acids is 1. The Morgan fingerprint density at radius 3 is 2.62 bits per heavy atom. The lowest BCUT2D eigenvalue weighted by Crippen LogP contribution is -2.12. The summed E-state index contributed by atoms with van der Waals surface area (Å²) in [5.41, 5.74) is 4.12. The van der Waals surface area contributed by atoms with Gasteiger partial charge in [-0.1, -0.05) is 37.6 Å². The molecule has 0 heterocycles. The molecule has 0 bridgehead atoms. The number of esters is 1. The number of halogens is 2. The van der Waals surface area contributed by atoms with Crippen molar-refractivity contribution in [3.05, 3.63) is 88.0 Å². The molecule has 0 saturated carbocycles.